The minimum absolute atomic E-state index is 0.764. The van der Waals surface area contributed by atoms with Gasteiger partial charge in [-0.25, -0.2) is 0 Å². The van der Waals surface area contributed by atoms with Crippen LogP contribution >= 0.6 is 27.5 Å². The molecule has 3 rings (SSSR count). The summed E-state index contributed by atoms with van der Waals surface area (Å²) in [5.74, 6) is 0. The maximum Gasteiger partial charge on any atom is 0.0406 e. The van der Waals surface area contributed by atoms with Gasteiger partial charge in [0.15, 0.2) is 0 Å². The van der Waals surface area contributed by atoms with Crippen molar-refractivity contribution in [1.29, 1.82) is 0 Å². The molecule has 0 amide bonds. The number of hydrogen-bond acceptors (Lipinski definition) is 0. The first-order chi connectivity index (χ1) is 10.5. The van der Waals surface area contributed by atoms with Crippen molar-refractivity contribution in [2.75, 3.05) is 0 Å². The topological polar surface area (TPSA) is 0 Å². The summed E-state index contributed by atoms with van der Waals surface area (Å²) in [5.41, 5.74) is 4.94. The number of hydrogen-bond donors (Lipinski definition) is 0. The standard InChI is InChI=1S/C20H16BrCl/c1-13-9-16(4-3-15-5-7-18(22)8-6-15)11-19-14(2)10-17(21)12-20(13)19/h3-12H,1-2H3/b4-3+. The molecule has 22 heavy (non-hydrogen) atoms. The van der Waals surface area contributed by atoms with Crippen LogP contribution in [0.5, 0.6) is 0 Å². The third-order valence-corrected chi connectivity index (χ3v) is 4.52. The molecule has 0 nitrogen and oxygen atoms in total. The van der Waals surface area contributed by atoms with Crippen LogP contribution in [0.15, 0.2) is 53.0 Å². The molecule has 0 saturated heterocycles. The van der Waals surface area contributed by atoms with Crippen LogP contribution in [0, 0.1) is 13.8 Å². The average Bonchev–Trinajstić information content (AvgIpc) is 2.48. The van der Waals surface area contributed by atoms with Crippen molar-refractivity contribution in [3.05, 3.63) is 80.3 Å². The van der Waals surface area contributed by atoms with Gasteiger partial charge in [-0.1, -0.05) is 57.9 Å². The Morgan fingerprint density at radius 1 is 0.773 bits per heavy atom. The number of halogens is 2. The Balaban J connectivity index is 2.03. The molecule has 0 atom stereocenters. The van der Waals surface area contributed by atoms with Crippen LogP contribution in [-0.2, 0) is 0 Å². The van der Waals surface area contributed by atoms with Gasteiger partial charge in [-0.3, -0.25) is 0 Å². The third-order valence-electron chi connectivity index (χ3n) is 3.81. The molecule has 0 unspecified atom stereocenters. The first-order valence-electron chi connectivity index (χ1n) is 7.17. The maximum absolute atomic E-state index is 5.92. The van der Waals surface area contributed by atoms with Crippen LogP contribution in [0.25, 0.3) is 22.9 Å². The molecule has 0 aliphatic rings. The average molecular weight is 372 g/mol. The molecular weight excluding hydrogens is 356 g/mol. The lowest BCUT2D eigenvalue weighted by molar-refractivity contribution is 1.46. The predicted octanol–water partition coefficient (Wildman–Crippen LogP) is 7.04. The van der Waals surface area contributed by atoms with E-state index in [1.807, 2.05) is 24.3 Å². The molecule has 0 bridgehead atoms. The van der Waals surface area contributed by atoms with E-state index in [0.717, 1.165) is 15.1 Å². The van der Waals surface area contributed by atoms with Crippen molar-refractivity contribution in [3.8, 4) is 0 Å². The smallest absolute Gasteiger partial charge is 0.0406 e. The van der Waals surface area contributed by atoms with Crippen molar-refractivity contribution >= 4 is 50.5 Å². The van der Waals surface area contributed by atoms with Gasteiger partial charge in [0.1, 0.15) is 0 Å². The largest absolute Gasteiger partial charge is 0.0843 e. The van der Waals surface area contributed by atoms with E-state index < -0.39 is 0 Å². The fourth-order valence-electron chi connectivity index (χ4n) is 2.67. The highest BCUT2D eigenvalue weighted by atomic mass is 79.9. The fourth-order valence-corrected chi connectivity index (χ4v) is 3.37. The Morgan fingerprint density at radius 2 is 1.36 bits per heavy atom. The Hall–Kier alpha value is -1.57. The van der Waals surface area contributed by atoms with Gasteiger partial charge in [-0.2, -0.15) is 0 Å². The lowest BCUT2D eigenvalue weighted by Crippen LogP contribution is -1.85. The Bertz CT molecular complexity index is 861. The number of aryl methyl sites for hydroxylation is 2. The molecule has 3 aromatic carbocycles. The van der Waals surface area contributed by atoms with Crippen LogP contribution in [0.4, 0.5) is 0 Å². The summed E-state index contributed by atoms with van der Waals surface area (Å²) >= 11 is 9.50. The maximum atomic E-state index is 5.92. The van der Waals surface area contributed by atoms with Crippen LogP contribution in [0.1, 0.15) is 22.3 Å². The molecule has 0 saturated carbocycles. The van der Waals surface area contributed by atoms with Gasteiger partial charge in [0, 0.05) is 9.50 Å². The van der Waals surface area contributed by atoms with E-state index in [4.69, 9.17) is 11.6 Å². The lowest BCUT2D eigenvalue weighted by atomic mass is 9.98. The Labute approximate surface area is 144 Å². The van der Waals surface area contributed by atoms with Gasteiger partial charge in [0.25, 0.3) is 0 Å². The highest BCUT2D eigenvalue weighted by Crippen LogP contribution is 2.28. The highest BCUT2D eigenvalue weighted by Gasteiger charge is 2.04. The van der Waals surface area contributed by atoms with Crippen LogP contribution in [0.3, 0.4) is 0 Å². The molecule has 0 aliphatic carbocycles. The summed E-state index contributed by atoms with van der Waals surface area (Å²) in [6.45, 7) is 4.31. The molecule has 2 heteroatoms. The number of rotatable bonds is 2. The van der Waals surface area contributed by atoms with Gasteiger partial charge in [-0.15, -0.1) is 0 Å². The van der Waals surface area contributed by atoms with Crippen LogP contribution < -0.4 is 0 Å². The minimum Gasteiger partial charge on any atom is -0.0843 e. The van der Waals surface area contributed by atoms with E-state index in [9.17, 15) is 0 Å². The van der Waals surface area contributed by atoms with Gasteiger partial charge < -0.3 is 0 Å². The normalized spacial score (nSPS) is 11.5. The summed E-state index contributed by atoms with van der Waals surface area (Å²) in [6.07, 6.45) is 4.27. The quantitative estimate of drug-likeness (QED) is 0.424. The monoisotopic (exact) mass is 370 g/mol. The van der Waals surface area contributed by atoms with Gasteiger partial charge in [-0.05, 0) is 77.2 Å². The lowest BCUT2D eigenvalue weighted by Gasteiger charge is -2.08. The van der Waals surface area contributed by atoms with Crippen LogP contribution in [-0.4, -0.2) is 0 Å². The van der Waals surface area contributed by atoms with Crippen molar-refractivity contribution in [2.24, 2.45) is 0 Å². The molecule has 3 aromatic rings. The molecule has 0 heterocycles. The summed E-state index contributed by atoms with van der Waals surface area (Å²) < 4.78 is 1.13. The van der Waals surface area contributed by atoms with E-state index in [1.54, 1.807) is 0 Å². The number of fused-ring (bicyclic) bond motifs is 1. The first kappa shape index (κ1) is 15.3. The van der Waals surface area contributed by atoms with Crippen molar-refractivity contribution in [2.45, 2.75) is 13.8 Å². The van der Waals surface area contributed by atoms with Crippen molar-refractivity contribution < 1.29 is 0 Å². The molecular formula is C20H16BrCl. The fraction of sp³-hybridized carbons (Fsp3) is 0.100. The Kier molecular flexibility index (Phi) is 4.37. The second-order valence-electron chi connectivity index (χ2n) is 5.54. The van der Waals surface area contributed by atoms with Gasteiger partial charge in [0.05, 0.1) is 0 Å². The predicted molar refractivity (Wildman–Crippen MR) is 102 cm³/mol. The summed E-state index contributed by atoms with van der Waals surface area (Å²) in [4.78, 5) is 0. The molecule has 0 aliphatic heterocycles. The zero-order valence-corrected chi connectivity index (χ0v) is 14.9. The van der Waals surface area contributed by atoms with Gasteiger partial charge >= 0.3 is 0 Å². The molecule has 0 radical (unpaired) electrons. The second kappa shape index (κ2) is 6.28. The molecule has 0 spiro atoms. The van der Waals surface area contributed by atoms with E-state index >= 15 is 0 Å². The van der Waals surface area contributed by atoms with Crippen molar-refractivity contribution in [1.82, 2.24) is 0 Å². The number of benzene rings is 3. The van der Waals surface area contributed by atoms with E-state index in [0.29, 0.717) is 0 Å². The molecule has 0 aromatic heterocycles. The second-order valence-corrected chi connectivity index (χ2v) is 6.89. The van der Waals surface area contributed by atoms with Crippen LogP contribution in [0.2, 0.25) is 5.02 Å². The van der Waals surface area contributed by atoms with E-state index in [-0.39, 0.29) is 0 Å². The molecule has 0 N–H and O–H groups in total. The summed E-state index contributed by atoms with van der Waals surface area (Å²) in [5, 5.41) is 3.37. The van der Waals surface area contributed by atoms with E-state index in [2.05, 4.69) is 66.2 Å². The minimum atomic E-state index is 0.764. The van der Waals surface area contributed by atoms with E-state index in [1.165, 1.54) is 27.5 Å². The summed E-state index contributed by atoms with van der Waals surface area (Å²) in [7, 11) is 0. The third kappa shape index (κ3) is 3.26. The highest BCUT2D eigenvalue weighted by molar-refractivity contribution is 9.10. The summed E-state index contributed by atoms with van der Waals surface area (Å²) in [6, 6.07) is 16.7. The first-order valence-corrected chi connectivity index (χ1v) is 8.34. The SMILES string of the molecule is Cc1cc(/C=C/c2ccc(Cl)cc2)cc2c(C)cc(Br)cc12. The zero-order valence-electron chi connectivity index (χ0n) is 12.5. The Morgan fingerprint density at radius 3 is 2.09 bits per heavy atom. The van der Waals surface area contributed by atoms with Gasteiger partial charge in [0.2, 0.25) is 0 Å². The molecule has 0 fully saturated rings. The zero-order chi connectivity index (χ0) is 15.7. The molecule has 110 valence electrons. The van der Waals surface area contributed by atoms with Crippen molar-refractivity contribution in [3.63, 3.8) is 0 Å².